The van der Waals surface area contributed by atoms with E-state index in [0.717, 1.165) is 4.88 Å². The second-order valence-corrected chi connectivity index (χ2v) is 3.92. The van der Waals surface area contributed by atoms with Crippen LogP contribution in [0.1, 0.15) is 18.2 Å². The number of rotatable bonds is 3. The molecule has 0 amide bonds. The minimum Gasteiger partial charge on any atom is -0.469 e. The van der Waals surface area contributed by atoms with Crippen LogP contribution >= 0.6 is 11.3 Å². The molecule has 0 saturated heterocycles. The number of nitrogens with two attached hydrogens (primary N) is 1. The summed E-state index contributed by atoms with van der Waals surface area (Å²) in [5.41, 5.74) is 6.95. The van der Waals surface area contributed by atoms with Crippen LogP contribution in [0.5, 0.6) is 0 Å². The van der Waals surface area contributed by atoms with Gasteiger partial charge < -0.3 is 10.5 Å². The maximum Gasteiger partial charge on any atom is 0.307 e. The number of hydrogen-bond donors (Lipinski definition) is 1. The standard InChI is InChI=1S/C8H12N2O2S/c1-8(9,3-7(11)12-2)6-4-10-5-13-6/h4-5H,3,9H2,1-2H3. The van der Waals surface area contributed by atoms with Crippen LogP contribution in [0.15, 0.2) is 11.7 Å². The Morgan fingerprint density at radius 1 is 1.85 bits per heavy atom. The Labute approximate surface area is 80.7 Å². The Morgan fingerprint density at radius 3 is 3.00 bits per heavy atom. The quantitative estimate of drug-likeness (QED) is 0.735. The lowest BCUT2D eigenvalue weighted by Crippen LogP contribution is -2.35. The van der Waals surface area contributed by atoms with E-state index in [1.807, 2.05) is 0 Å². The van der Waals surface area contributed by atoms with E-state index in [2.05, 4.69) is 9.72 Å². The summed E-state index contributed by atoms with van der Waals surface area (Å²) in [6.07, 6.45) is 1.85. The molecule has 0 bridgehead atoms. The van der Waals surface area contributed by atoms with Crippen molar-refractivity contribution in [3.8, 4) is 0 Å². The van der Waals surface area contributed by atoms with E-state index in [1.165, 1.54) is 18.4 Å². The molecule has 0 radical (unpaired) electrons. The predicted molar refractivity (Wildman–Crippen MR) is 50.3 cm³/mol. The van der Waals surface area contributed by atoms with Crippen LogP contribution in [0.2, 0.25) is 0 Å². The zero-order chi connectivity index (χ0) is 9.90. The van der Waals surface area contributed by atoms with Crippen molar-refractivity contribution in [3.05, 3.63) is 16.6 Å². The zero-order valence-corrected chi connectivity index (χ0v) is 8.43. The van der Waals surface area contributed by atoms with Gasteiger partial charge in [-0.25, -0.2) is 0 Å². The topological polar surface area (TPSA) is 65.2 Å². The highest BCUT2D eigenvalue weighted by atomic mass is 32.1. The third-order valence-corrected chi connectivity index (χ3v) is 2.79. The van der Waals surface area contributed by atoms with Crippen LogP contribution < -0.4 is 5.73 Å². The highest BCUT2D eigenvalue weighted by Crippen LogP contribution is 2.24. The van der Waals surface area contributed by atoms with E-state index in [9.17, 15) is 4.79 Å². The minimum absolute atomic E-state index is 0.172. The molecule has 0 saturated carbocycles. The van der Waals surface area contributed by atoms with Crippen LogP contribution in [0.3, 0.4) is 0 Å². The first-order valence-corrected chi connectivity index (χ1v) is 4.69. The Morgan fingerprint density at radius 2 is 2.54 bits per heavy atom. The molecule has 0 aliphatic rings. The molecule has 4 nitrogen and oxygen atoms in total. The molecule has 1 heterocycles. The van der Waals surface area contributed by atoms with Gasteiger partial charge in [-0.3, -0.25) is 9.78 Å². The van der Waals surface area contributed by atoms with Gasteiger partial charge in [-0.2, -0.15) is 0 Å². The van der Waals surface area contributed by atoms with Crippen LogP contribution in [0.25, 0.3) is 0 Å². The minimum atomic E-state index is -0.672. The lowest BCUT2D eigenvalue weighted by molar-refractivity contribution is -0.141. The molecule has 0 aliphatic carbocycles. The van der Waals surface area contributed by atoms with Crippen molar-refractivity contribution in [2.24, 2.45) is 5.73 Å². The number of carbonyl (C=O) groups is 1. The molecular formula is C8H12N2O2S. The lowest BCUT2D eigenvalue weighted by Gasteiger charge is -2.20. The Kier molecular flexibility index (Phi) is 3.00. The van der Waals surface area contributed by atoms with E-state index < -0.39 is 5.54 Å². The number of aromatic nitrogens is 1. The first-order valence-electron chi connectivity index (χ1n) is 3.81. The summed E-state index contributed by atoms with van der Waals surface area (Å²) in [5, 5.41) is 0. The summed E-state index contributed by atoms with van der Waals surface area (Å²) in [7, 11) is 1.35. The molecule has 0 fully saturated rings. The SMILES string of the molecule is COC(=O)CC(C)(N)c1cncs1. The average molecular weight is 200 g/mol. The largest absolute Gasteiger partial charge is 0.469 e. The number of nitrogens with zero attached hydrogens (tertiary/aromatic N) is 1. The molecule has 1 atom stereocenters. The Hall–Kier alpha value is -0.940. The molecule has 5 heteroatoms. The van der Waals surface area contributed by atoms with Crippen molar-refractivity contribution >= 4 is 17.3 Å². The zero-order valence-electron chi connectivity index (χ0n) is 7.61. The molecule has 2 N–H and O–H groups in total. The number of ether oxygens (including phenoxy) is 1. The summed E-state index contributed by atoms with van der Waals surface area (Å²) in [6, 6.07) is 0. The van der Waals surface area contributed by atoms with Gasteiger partial charge in [0.05, 0.1) is 24.6 Å². The molecule has 72 valence electrons. The van der Waals surface area contributed by atoms with Crippen molar-refractivity contribution < 1.29 is 9.53 Å². The number of methoxy groups -OCH3 is 1. The third kappa shape index (κ3) is 2.50. The summed E-state index contributed by atoms with van der Waals surface area (Å²) in [6.45, 7) is 1.79. The van der Waals surface area contributed by atoms with Gasteiger partial charge in [-0.15, -0.1) is 11.3 Å². The Bertz CT molecular complexity index is 282. The lowest BCUT2D eigenvalue weighted by atomic mass is 9.98. The molecular weight excluding hydrogens is 188 g/mol. The Balaban J connectivity index is 2.72. The maximum absolute atomic E-state index is 11.0. The van der Waals surface area contributed by atoms with E-state index >= 15 is 0 Å². The summed E-state index contributed by atoms with van der Waals surface area (Å²) in [4.78, 5) is 15.8. The van der Waals surface area contributed by atoms with Crippen molar-refractivity contribution in [2.45, 2.75) is 18.9 Å². The molecule has 1 unspecified atom stereocenters. The van der Waals surface area contributed by atoms with E-state index in [-0.39, 0.29) is 12.4 Å². The van der Waals surface area contributed by atoms with E-state index in [4.69, 9.17) is 5.73 Å². The average Bonchev–Trinajstić information content (AvgIpc) is 2.55. The fraction of sp³-hybridized carbons (Fsp3) is 0.500. The normalized spacial score (nSPS) is 15.0. The van der Waals surface area contributed by atoms with Crippen LogP contribution in [-0.2, 0) is 15.1 Å². The fourth-order valence-corrected chi connectivity index (χ4v) is 1.66. The van der Waals surface area contributed by atoms with Gasteiger partial charge in [0.2, 0.25) is 0 Å². The predicted octanol–water partition coefficient (Wildman–Crippen LogP) is 0.880. The number of hydrogen-bond acceptors (Lipinski definition) is 5. The van der Waals surface area contributed by atoms with Crippen molar-refractivity contribution in [2.75, 3.05) is 7.11 Å². The molecule has 1 rings (SSSR count). The highest BCUT2D eigenvalue weighted by Gasteiger charge is 2.26. The number of esters is 1. The van der Waals surface area contributed by atoms with Gasteiger partial charge in [0, 0.05) is 11.1 Å². The number of thiazole rings is 1. The molecule has 13 heavy (non-hydrogen) atoms. The highest BCUT2D eigenvalue weighted by molar-refractivity contribution is 7.09. The van der Waals surface area contributed by atoms with Gasteiger partial charge in [-0.05, 0) is 6.92 Å². The van der Waals surface area contributed by atoms with Crippen LogP contribution in [0, 0.1) is 0 Å². The summed E-state index contributed by atoms with van der Waals surface area (Å²) in [5.74, 6) is -0.307. The third-order valence-electron chi connectivity index (χ3n) is 1.73. The van der Waals surface area contributed by atoms with Crippen molar-refractivity contribution in [1.82, 2.24) is 4.98 Å². The van der Waals surface area contributed by atoms with Crippen LogP contribution in [0.4, 0.5) is 0 Å². The van der Waals surface area contributed by atoms with Gasteiger partial charge in [0.15, 0.2) is 0 Å². The molecule has 0 spiro atoms. The van der Waals surface area contributed by atoms with Crippen molar-refractivity contribution in [1.29, 1.82) is 0 Å². The maximum atomic E-state index is 11.0. The fourth-order valence-electron chi connectivity index (χ4n) is 0.957. The van der Waals surface area contributed by atoms with Crippen LogP contribution in [-0.4, -0.2) is 18.1 Å². The second-order valence-electron chi connectivity index (χ2n) is 3.04. The molecule has 0 aromatic carbocycles. The smallest absolute Gasteiger partial charge is 0.307 e. The van der Waals surface area contributed by atoms with Gasteiger partial charge >= 0.3 is 5.97 Å². The second kappa shape index (κ2) is 3.85. The molecule has 1 aromatic rings. The first kappa shape index (κ1) is 10.1. The van der Waals surface area contributed by atoms with E-state index in [0.29, 0.717) is 0 Å². The molecule has 1 aromatic heterocycles. The van der Waals surface area contributed by atoms with Crippen molar-refractivity contribution in [3.63, 3.8) is 0 Å². The summed E-state index contributed by atoms with van der Waals surface area (Å²) >= 11 is 1.44. The van der Waals surface area contributed by atoms with Gasteiger partial charge in [0.25, 0.3) is 0 Å². The molecule has 0 aliphatic heterocycles. The van der Waals surface area contributed by atoms with Gasteiger partial charge in [0.1, 0.15) is 0 Å². The first-order chi connectivity index (χ1) is 6.06. The van der Waals surface area contributed by atoms with E-state index in [1.54, 1.807) is 18.6 Å². The monoisotopic (exact) mass is 200 g/mol. The number of carbonyl (C=O) groups excluding carboxylic acids is 1. The van der Waals surface area contributed by atoms with Gasteiger partial charge in [-0.1, -0.05) is 0 Å². The summed E-state index contributed by atoms with van der Waals surface area (Å²) < 4.78 is 4.55.